The molecule has 0 aromatic carbocycles. The first-order chi connectivity index (χ1) is 10.2. The van der Waals surface area contributed by atoms with Crippen LogP contribution in [-0.2, 0) is 12.0 Å². The van der Waals surface area contributed by atoms with Crippen LogP contribution in [0.4, 0.5) is 18.9 Å². The number of rotatable bonds is 4. The Bertz CT molecular complexity index is 599. The van der Waals surface area contributed by atoms with Crippen molar-refractivity contribution in [3.05, 3.63) is 42.5 Å². The van der Waals surface area contributed by atoms with E-state index in [4.69, 9.17) is 0 Å². The minimum atomic E-state index is -4.35. The van der Waals surface area contributed by atoms with Gasteiger partial charge in [-0.25, -0.2) is 0 Å². The van der Waals surface area contributed by atoms with Gasteiger partial charge in [0.1, 0.15) is 6.04 Å². The summed E-state index contributed by atoms with van der Waals surface area (Å²) in [5.74, 6) is 0. The molecule has 2 aromatic heterocycles. The molecule has 7 heteroatoms. The summed E-state index contributed by atoms with van der Waals surface area (Å²) in [4.78, 5) is 3.81. The summed E-state index contributed by atoms with van der Waals surface area (Å²) in [7, 11) is 0. The van der Waals surface area contributed by atoms with Crippen LogP contribution >= 0.6 is 0 Å². The standard InChI is InChI=1S/C15H19F3N4/c1-14(2,3)22-10-12(9-20-22)21-13(15(16,17)18)8-11-4-6-19-7-5-11/h4-7,9-10,13,21H,8H2,1-3H3. The zero-order valence-electron chi connectivity index (χ0n) is 12.7. The Hall–Kier alpha value is -2.05. The molecule has 0 aliphatic carbocycles. The largest absolute Gasteiger partial charge is 0.408 e. The first kappa shape index (κ1) is 16.3. The number of aromatic nitrogens is 3. The van der Waals surface area contributed by atoms with Gasteiger partial charge in [0.15, 0.2) is 0 Å². The van der Waals surface area contributed by atoms with Crippen molar-refractivity contribution in [1.29, 1.82) is 0 Å². The highest BCUT2D eigenvalue weighted by Crippen LogP contribution is 2.27. The lowest BCUT2D eigenvalue weighted by atomic mass is 10.1. The van der Waals surface area contributed by atoms with Crippen LogP contribution in [-0.4, -0.2) is 27.0 Å². The Morgan fingerprint density at radius 2 is 1.82 bits per heavy atom. The number of nitrogens with zero attached hydrogens (tertiary/aromatic N) is 3. The molecular formula is C15H19F3N4. The van der Waals surface area contributed by atoms with E-state index in [-0.39, 0.29) is 12.0 Å². The molecule has 1 N–H and O–H groups in total. The molecule has 22 heavy (non-hydrogen) atoms. The molecule has 2 rings (SSSR count). The van der Waals surface area contributed by atoms with Crippen LogP contribution < -0.4 is 5.32 Å². The van der Waals surface area contributed by atoms with E-state index in [0.717, 1.165) is 0 Å². The van der Waals surface area contributed by atoms with E-state index < -0.39 is 12.2 Å². The molecule has 2 heterocycles. The number of alkyl halides is 3. The SMILES string of the molecule is CC(C)(C)n1cc(NC(Cc2ccncc2)C(F)(F)F)cn1. The van der Waals surface area contributed by atoms with E-state index in [2.05, 4.69) is 15.4 Å². The molecule has 0 fully saturated rings. The fourth-order valence-corrected chi connectivity index (χ4v) is 1.97. The summed E-state index contributed by atoms with van der Waals surface area (Å²) >= 11 is 0. The van der Waals surface area contributed by atoms with Crippen molar-refractivity contribution in [2.24, 2.45) is 0 Å². The lowest BCUT2D eigenvalue weighted by molar-refractivity contribution is -0.142. The fraction of sp³-hybridized carbons (Fsp3) is 0.467. The number of pyridine rings is 1. The van der Waals surface area contributed by atoms with E-state index in [9.17, 15) is 13.2 Å². The number of halogens is 3. The van der Waals surface area contributed by atoms with Gasteiger partial charge in [0.05, 0.1) is 17.4 Å². The molecule has 0 saturated carbocycles. The van der Waals surface area contributed by atoms with Crippen LogP contribution in [0.15, 0.2) is 36.9 Å². The summed E-state index contributed by atoms with van der Waals surface area (Å²) in [5, 5.41) is 6.64. The van der Waals surface area contributed by atoms with E-state index in [1.165, 1.54) is 18.6 Å². The predicted octanol–water partition coefficient (Wildman–Crippen LogP) is 3.62. The van der Waals surface area contributed by atoms with Gasteiger partial charge >= 0.3 is 6.18 Å². The summed E-state index contributed by atoms with van der Waals surface area (Å²) in [5.41, 5.74) is 0.651. The summed E-state index contributed by atoms with van der Waals surface area (Å²) in [6, 6.07) is 1.49. The van der Waals surface area contributed by atoms with Crippen molar-refractivity contribution in [1.82, 2.24) is 14.8 Å². The maximum absolute atomic E-state index is 13.2. The van der Waals surface area contributed by atoms with Gasteiger partial charge < -0.3 is 5.32 Å². The second-order valence-electron chi connectivity index (χ2n) is 6.14. The van der Waals surface area contributed by atoms with Gasteiger partial charge in [0.25, 0.3) is 0 Å². The molecule has 120 valence electrons. The van der Waals surface area contributed by atoms with Crippen LogP contribution in [0, 0.1) is 0 Å². The van der Waals surface area contributed by atoms with Gasteiger partial charge in [-0.15, -0.1) is 0 Å². The molecule has 0 radical (unpaired) electrons. The van der Waals surface area contributed by atoms with Crippen LogP contribution in [0.5, 0.6) is 0 Å². The molecular weight excluding hydrogens is 293 g/mol. The second-order valence-corrected chi connectivity index (χ2v) is 6.14. The Balaban J connectivity index is 2.15. The van der Waals surface area contributed by atoms with E-state index >= 15 is 0 Å². The monoisotopic (exact) mass is 312 g/mol. The Labute approximate surface area is 127 Å². The van der Waals surface area contributed by atoms with Crippen molar-refractivity contribution in [2.45, 2.75) is 44.9 Å². The summed E-state index contributed by atoms with van der Waals surface area (Å²) in [6.07, 6.45) is 1.46. The van der Waals surface area contributed by atoms with Gasteiger partial charge in [-0.1, -0.05) is 0 Å². The van der Waals surface area contributed by atoms with Crippen molar-refractivity contribution in [3.8, 4) is 0 Å². The summed E-state index contributed by atoms with van der Waals surface area (Å²) in [6.45, 7) is 5.80. The molecule has 2 aromatic rings. The Morgan fingerprint density at radius 3 is 2.32 bits per heavy atom. The van der Waals surface area contributed by atoms with E-state index in [1.54, 1.807) is 23.0 Å². The van der Waals surface area contributed by atoms with Gasteiger partial charge in [0.2, 0.25) is 0 Å². The van der Waals surface area contributed by atoms with E-state index in [1.807, 2.05) is 20.8 Å². The zero-order valence-corrected chi connectivity index (χ0v) is 12.7. The third-order valence-electron chi connectivity index (χ3n) is 3.20. The normalized spacial score (nSPS) is 13.9. The molecule has 0 bridgehead atoms. The molecule has 0 saturated heterocycles. The number of hydrogen-bond donors (Lipinski definition) is 1. The maximum atomic E-state index is 13.2. The van der Waals surface area contributed by atoms with Crippen molar-refractivity contribution in [3.63, 3.8) is 0 Å². The quantitative estimate of drug-likeness (QED) is 0.937. The zero-order chi connectivity index (χ0) is 16.4. The molecule has 0 spiro atoms. The van der Waals surface area contributed by atoms with Crippen LogP contribution in [0.1, 0.15) is 26.3 Å². The number of nitrogens with one attached hydrogen (secondary N) is 1. The average molecular weight is 312 g/mol. The van der Waals surface area contributed by atoms with E-state index in [0.29, 0.717) is 11.3 Å². The van der Waals surface area contributed by atoms with Crippen LogP contribution in [0.25, 0.3) is 0 Å². The predicted molar refractivity (Wildman–Crippen MR) is 78.6 cm³/mol. The van der Waals surface area contributed by atoms with Gasteiger partial charge in [0, 0.05) is 25.0 Å². The van der Waals surface area contributed by atoms with Crippen molar-refractivity contribution in [2.75, 3.05) is 5.32 Å². The maximum Gasteiger partial charge on any atom is 0.408 e. The highest BCUT2D eigenvalue weighted by molar-refractivity contribution is 5.40. The molecule has 4 nitrogen and oxygen atoms in total. The second kappa shape index (κ2) is 5.98. The first-order valence-corrected chi connectivity index (χ1v) is 6.93. The number of anilines is 1. The summed E-state index contributed by atoms with van der Waals surface area (Å²) < 4.78 is 41.3. The van der Waals surface area contributed by atoms with Gasteiger partial charge in [-0.2, -0.15) is 18.3 Å². The smallest absolute Gasteiger partial charge is 0.371 e. The lowest BCUT2D eigenvalue weighted by Gasteiger charge is -2.22. The van der Waals surface area contributed by atoms with Crippen molar-refractivity contribution >= 4 is 5.69 Å². The number of hydrogen-bond acceptors (Lipinski definition) is 3. The Kier molecular flexibility index (Phi) is 4.44. The fourth-order valence-electron chi connectivity index (χ4n) is 1.97. The van der Waals surface area contributed by atoms with Gasteiger partial charge in [-0.3, -0.25) is 9.67 Å². The minimum Gasteiger partial charge on any atom is -0.371 e. The molecule has 1 unspecified atom stereocenters. The molecule has 0 aliphatic rings. The molecule has 0 amide bonds. The average Bonchev–Trinajstić information content (AvgIpc) is 2.87. The molecule has 0 aliphatic heterocycles. The molecule has 1 atom stereocenters. The Morgan fingerprint density at radius 1 is 1.18 bits per heavy atom. The lowest BCUT2D eigenvalue weighted by Crippen LogP contribution is -2.38. The topological polar surface area (TPSA) is 42.7 Å². The van der Waals surface area contributed by atoms with Crippen molar-refractivity contribution < 1.29 is 13.2 Å². The highest BCUT2D eigenvalue weighted by Gasteiger charge is 2.39. The third kappa shape index (κ3) is 4.22. The third-order valence-corrected chi connectivity index (χ3v) is 3.20. The highest BCUT2D eigenvalue weighted by atomic mass is 19.4. The van der Waals surface area contributed by atoms with Crippen LogP contribution in [0.3, 0.4) is 0 Å². The van der Waals surface area contributed by atoms with Crippen LogP contribution in [0.2, 0.25) is 0 Å². The first-order valence-electron chi connectivity index (χ1n) is 6.93. The van der Waals surface area contributed by atoms with Gasteiger partial charge in [-0.05, 0) is 38.5 Å². The minimum absolute atomic E-state index is 0.160.